The molecule has 25 heavy (non-hydrogen) atoms. The molecular formula is C17H19N3O4S. The average Bonchev–Trinajstić information content (AvgIpc) is 2.56. The number of rotatable bonds is 4. The smallest absolute Gasteiger partial charge is 0.293 e. The zero-order valence-electron chi connectivity index (χ0n) is 13.7. The predicted octanol–water partition coefficient (Wildman–Crippen LogP) is 2.98. The summed E-state index contributed by atoms with van der Waals surface area (Å²) in [6.45, 7) is 2.10. The van der Waals surface area contributed by atoms with Crippen molar-refractivity contribution in [3.05, 3.63) is 63.7 Å². The molecular weight excluding hydrogens is 342 g/mol. The first-order valence-electron chi connectivity index (χ1n) is 7.93. The summed E-state index contributed by atoms with van der Waals surface area (Å²) < 4.78 is 22.9. The van der Waals surface area contributed by atoms with Gasteiger partial charge in [-0.15, -0.1) is 0 Å². The summed E-state index contributed by atoms with van der Waals surface area (Å²) in [4.78, 5) is 10.5. The van der Waals surface area contributed by atoms with Crippen molar-refractivity contribution < 1.29 is 13.3 Å². The molecule has 2 aromatic carbocycles. The number of sulfonamides is 1. The number of primary sulfonamides is 1. The minimum absolute atomic E-state index is 0.0796. The zero-order chi connectivity index (χ0) is 18.2. The van der Waals surface area contributed by atoms with E-state index in [1.807, 2.05) is 18.2 Å². The summed E-state index contributed by atoms with van der Waals surface area (Å²) in [7, 11) is -4.00. The Morgan fingerprint density at radius 1 is 1.24 bits per heavy atom. The number of nitro groups is 1. The van der Waals surface area contributed by atoms with Gasteiger partial charge in [0.1, 0.15) is 5.69 Å². The van der Waals surface area contributed by atoms with Gasteiger partial charge < -0.3 is 5.32 Å². The van der Waals surface area contributed by atoms with E-state index in [0.717, 1.165) is 24.5 Å². The van der Waals surface area contributed by atoms with Crippen LogP contribution in [0.3, 0.4) is 0 Å². The van der Waals surface area contributed by atoms with Gasteiger partial charge in [0.2, 0.25) is 10.0 Å². The number of nitro benzene ring substituents is 1. The van der Waals surface area contributed by atoms with Gasteiger partial charge in [0.25, 0.3) is 5.69 Å². The molecule has 3 N–H and O–H groups in total. The molecule has 3 rings (SSSR count). The summed E-state index contributed by atoms with van der Waals surface area (Å²) in [6, 6.07) is 11.6. The Bertz CT molecular complexity index is 927. The van der Waals surface area contributed by atoms with Gasteiger partial charge >= 0.3 is 0 Å². The highest BCUT2D eigenvalue weighted by atomic mass is 32.2. The van der Waals surface area contributed by atoms with Gasteiger partial charge in [0, 0.05) is 6.07 Å². The molecule has 2 atom stereocenters. The fourth-order valence-electron chi connectivity index (χ4n) is 3.27. The van der Waals surface area contributed by atoms with Crippen molar-refractivity contribution in [3.63, 3.8) is 0 Å². The van der Waals surface area contributed by atoms with Gasteiger partial charge in [-0.2, -0.15) is 0 Å². The Morgan fingerprint density at radius 3 is 2.64 bits per heavy atom. The van der Waals surface area contributed by atoms with E-state index < -0.39 is 14.9 Å². The predicted molar refractivity (Wildman–Crippen MR) is 94.8 cm³/mol. The number of anilines is 1. The third-order valence-electron chi connectivity index (χ3n) is 4.63. The molecule has 0 saturated carbocycles. The average molecular weight is 361 g/mol. The van der Waals surface area contributed by atoms with E-state index in [-0.39, 0.29) is 28.2 Å². The van der Waals surface area contributed by atoms with Crippen LogP contribution in [0.1, 0.15) is 30.5 Å². The third kappa shape index (κ3) is 3.49. The van der Waals surface area contributed by atoms with E-state index >= 15 is 0 Å². The van der Waals surface area contributed by atoms with Crippen LogP contribution in [0.4, 0.5) is 11.4 Å². The Morgan fingerprint density at radius 2 is 1.96 bits per heavy atom. The van der Waals surface area contributed by atoms with Gasteiger partial charge in [-0.05, 0) is 42.0 Å². The number of nitrogens with one attached hydrogen (secondary N) is 1. The first-order valence-corrected chi connectivity index (χ1v) is 9.47. The van der Waals surface area contributed by atoms with E-state index in [4.69, 9.17) is 5.14 Å². The minimum atomic E-state index is -4.00. The van der Waals surface area contributed by atoms with E-state index in [0.29, 0.717) is 0 Å². The molecule has 132 valence electrons. The van der Waals surface area contributed by atoms with Gasteiger partial charge in [-0.1, -0.05) is 31.2 Å². The largest absolute Gasteiger partial charge is 0.372 e. The first kappa shape index (κ1) is 17.4. The number of fused-ring (bicyclic) bond motifs is 1. The maximum Gasteiger partial charge on any atom is 0.293 e. The molecule has 2 aromatic rings. The summed E-state index contributed by atoms with van der Waals surface area (Å²) in [5.74, 6) is 0.285. The molecule has 0 radical (unpaired) electrons. The molecule has 0 saturated heterocycles. The lowest BCUT2D eigenvalue weighted by Gasteiger charge is -2.32. The van der Waals surface area contributed by atoms with E-state index in [1.54, 1.807) is 0 Å². The highest BCUT2D eigenvalue weighted by Gasteiger charge is 2.28. The van der Waals surface area contributed by atoms with Crippen molar-refractivity contribution in [2.24, 2.45) is 11.1 Å². The molecule has 1 aliphatic rings. The van der Waals surface area contributed by atoms with Crippen molar-refractivity contribution in [2.75, 3.05) is 5.32 Å². The summed E-state index contributed by atoms with van der Waals surface area (Å²) in [5, 5.41) is 19.7. The van der Waals surface area contributed by atoms with Crippen LogP contribution < -0.4 is 10.5 Å². The van der Waals surface area contributed by atoms with Crippen molar-refractivity contribution in [3.8, 4) is 0 Å². The van der Waals surface area contributed by atoms with Gasteiger partial charge in [-0.25, -0.2) is 13.6 Å². The van der Waals surface area contributed by atoms with E-state index in [2.05, 4.69) is 18.3 Å². The SMILES string of the molecule is CC1CCc2ccccc2C1Nc1ccc(S(N)(=O)=O)cc1[N+](=O)[O-]. The van der Waals surface area contributed by atoms with Crippen molar-refractivity contribution in [1.29, 1.82) is 0 Å². The van der Waals surface area contributed by atoms with Crippen LogP contribution in [-0.2, 0) is 16.4 Å². The molecule has 0 fully saturated rings. The topological polar surface area (TPSA) is 115 Å². The van der Waals surface area contributed by atoms with Gasteiger partial charge in [0.15, 0.2) is 0 Å². The second-order valence-electron chi connectivity index (χ2n) is 6.32. The molecule has 8 heteroatoms. The Balaban J connectivity index is 2.02. The van der Waals surface area contributed by atoms with Crippen molar-refractivity contribution in [1.82, 2.24) is 0 Å². The number of hydrogen-bond donors (Lipinski definition) is 2. The lowest BCUT2D eigenvalue weighted by molar-refractivity contribution is -0.384. The second-order valence-corrected chi connectivity index (χ2v) is 7.88. The third-order valence-corrected chi connectivity index (χ3v) is 5.54. The Hall–Kier alpha value is -2.45. The maximum absolute atomic E-state index is 11.5. The number of hydrogen-bond acceptors (Lipinski definition) is 5. The fourth-order valence-corrected chi connectivity index (χ4v) is 3.80. The van der Waals surface area contributed by atoms with Crippen molar-refractivity contribution in [2.45, 2.75) is 30.7 Å². The second kappa shape index (κ2) is 6.45. The normalized spacial score (nSPS) is 19.9. The Kier molecular flexibility index (Phi) is 4.49. The van der Waals surface area contributed by atoms with E-state index in [9.17, 15) is 18.5 Å². The zero-order valence-corrected chi connectivity index (χ0v) is 14.5. The lowest BCUT2D eigenvalue weighted by Crippen LogP contribution is -2.25. The van der Waals surface area contributed by atoms with Crippen LogP contribution in [0.2, 0.25) is 0 Å². The van der Waals surface area contributed by atoms with Gasteiger partial charge in [0.05, 0.1) is 15.9 Å². The molecule has 2 unspecified atom stereocenters. The highest BCUT2D eigenvalue weighted by molar-refractivity contribution is 7.89. The maximum atomic E-state index is 11.5. The van der Waals surface area contributed by atoms with Crippen LogP contribution in [0.25, 0.3) is 0 Å². The molecule has 0 amide bonds. The number of aryl methyl sites for hydroxylation is 1. The summed E-state index contributed by atoms with van der Waals surface area (Å²) in [5.41, 5.74) is 2.32. The molecule has 0 heterocycles. The van der Waals surface area contributed by atoms with Gasteiger partial charge in [-0.3, -0.25) is 10.1 Å². The molecule has 0 bridgehead atoms. The molecule has 7 nitrogen and oxygen atoms in total. The van der Waals surface area contributed by atoms with Crippen molar-refractivity contribution >= 4 is 21.4 Å². The molecule has 1 aliphatic carbocycles. The van der Waals surface area contributed by atoms with Crippen LogP contribution >= 0.6 is 0 Å². The standard InChI is InChI=1S/C17H19N3O4S/c1-11-6-7-12-4-2-3-5-14(12)17(11)19-15-9-8-13(25(18,23)24)10-16(15)20(21)22/h2-5,8-11,17,19H,6-7H2,1H3,(H2,18,23,24). The summed E-state index contributed by atoms with van der Waals surface area (Å²) >= 11 is 0. The number of nitrogens with two attached hydrogens (primary N) is 1. The van der Waals surface area contributed by atoms with Crippen LogP contribution in [0.15, 0.2) is 47.4 Å². The molecule has 0 aliphatic heterocycles. The quantitative estimate of drug-likeness (QED) is 0.641. The molecule has 0 spiro atoms. The molecule has 0 aromatic heterocycles. The monoisotopic (exact) mass is 361 g/mol. The van der Waals surface area contributed by atoms with Crippen LogP contribution in [0.5, 0.6) is 0 Å². The number of benzene rings is 2. The Labute approximate surface area is 146 Å². The van der Waals surface area contributed by atoms with E-state index in [1.165, 1.54) is 17.7 Å². The fraction of sp³-hybridized carbons (Fsp3) is 0.294. The minimum Gasteiger partial charge on any atom is -0.372 e. The van der Waals surface area contributed by atoms with Crippen LogP contribution in [0, 0.1) is 16.0 Å². The number of nitrogens with zero attached hydrogens (tertiary/aromatic N) is 1. The first-order chi connectivity index (χ1) is 11.8. The lowest BCUT2D eigenvalue weighted by atomic mass is 9.80. The van der Waals surface area contributed by atoms with Crippen LogP contribution in [-0.4, -0.2) is 13.3 Å². The highest BCUT2D eigenvalue weighted by Crippen LogP contribution is 2.39. The summed E-state index contributed by atoms with van der Waals surface area (Å²) in [6.07, 6.45) is 1.94.